The number of hydrogen-bond acceptors (Lipinski definition) is 11. The van der Waals surface area contributed by atoms with Crippen molar-refractivity contribution in [1.82, 2.24) is 12.3 Å². The molecule has 1 aromatic rings. The van der Waals surface area contributed by atoms with E-state index >= 15 is 0 Å². The van der Waals surface area contributed by atoms with E-state index in [1.807, 2.05) is 0 Å². The van der Waals surface area contributed by atoms with Gasteiger partial charge in [0, 0.05) is 5.56 Å². The minimum absolute atomic E-state index is 0. The van der Waals surface area contributed by atoms with Crippen LogP contribution >= 0.6 is 0 Å². The highest BCUT2D eigenvalue weighted by Crippen LogP contribution is 2.30. The van der Waals surface area contributed by atoms with Crippen LogP contribution in [0.15, 0.2) is 18.2 Å². The highest BCUT2D eigenvalue weighted by atomic mass is 32.3. The van der Waals surface area contributed by atoms with E-state index < -0.39 is 38.4 Å². The summed E-state index contributed by atoms with van der Waals surface area (Å²) in [6.07, 6.45) is -1.30. The SMILES string of the molecule is CC(O)c1cc(OS(=O)(=O)[O-])ccc1OS(=O)(=O)[O-].N.N. The van der Waals surface area contributed by atoms with E-state index in [-0.39, 0.29) is 17.9 Å². The Morgan fingerprint density at radius 1 is 1.05 bits per heavy atom. The number of aliphatic hydroxyl groups excluding tert-OH is 1. The van der Waals surface area contributed by atoms with Crippen molar-refractivity contribution in [2.45, 2.75) is 13.0 Å². The topological polar surface area (TPSA) is 223 Å². The first-order valence-electron chi connectivity index (χ1n) is 4.60. The van der Waals surface area contributed by atoms with Gasteiger partial charge in [-0.1, -0.05) is 0 Å². The van der Waals surface area contributed by atoms with Crippen LogP contribution in [-0.2, 0) is 20.8 Å². The molecule has 7 N–H and O–H groups in total. The van der Waals surface area contributed by atoms with Gasteiger partial charge < -0.3 is 34.9 Å². The second-order valence-electron chi connectivity index (χ2n) is 3.36. The zero-order valence-corrected chi connectivity index (χ0v) is 12.4. The summed E-state index contributed by atoms with van der Waals surface area (Å²) < 4.78 is 70.5. The molecule has 0 saturated heterocycles. The summed E-state index contributed by atoms with van der Waals surface area (Å²) in [6, 6.07) is 2.63. The average Bonchev–Trinajstić information content (AvgIpc) is 2.15. The van der Waals surface area contributed by atoms with Gasteiger partial charge in [0.2, 0.25) is 0 Å². The standard InChI is InChI=1S/C8H10O9S2.2H3N/c1-5(9)7-4-6(16-18(10,11)12)2-3-8(7)17-19(13,14)15;;/h2-5,9H,1H3,(H,10,11,12)(H,13,14,15);2*1H3/p-2. The maximum atomic E-state index is 10.5. The fourth-order valence-corrected chi connectivity index (χ4v) is 1.92. The summed E-state index contributed by atoms with van der Waals surface area (Å²) in [4.78, 5) is 0. The second kappa shape index (κ2) is 7.51. The molecule has 1 unspecified atom stereocenters. The first-order valence-corrected chi connectivity index (χ1v) is 7.27. The van der Waals surface area contributed by atoms with Crippen LogP contribution in [0, 0.1) is 0 Å². The quantitative estimate of drug-likeness (QED) is 0.465. The number of hydrogen-bond donors (Lipinski definition) is 3. The third-order valence-electron chi connectivity index (χ3n) is 1.82. The monoisotopic (exact) mass is 346 g/mol. The van der Waals surface area contributed by atoms with Crippen molar-refractivity contribution in [3.05, 3.63) is 23.8 Å². The largest absolute Gasteiger partial charge is 0.716 e. The lowest BCUT2D eigenvalue weighted by molar-refractivity contribution is 0.196. The minimum atomic E-state index is -5.06. The summed E-state index contributed by atoms with van der Waals surface area (Å²) >= 11 is 0. The lowest BCUT2D eigenvalue weighted by Crippen LogP contribution is -2.11. The molecule has 11 nitrogen and oxygen atoms in total. The van der Waals surface area contributed by atoms with Gasteiger partial charge in [0.1, 0.15) is 11.5 Å². The minimum Gasteiger partial charge on any atom is -0.716 e. The molecule has 0 fully saturated rings. The molecule has 1 aromatic carbocycles. The Morgan fingerprint density at radius 3 is 1.90 bits per heavy atom. The maximum absolute atomic E-state index is 10.5. The van der Waals surface area contributed by atoms with E-state index in [1.165, 1.54) is 6.92 Å². The summed E-state index contributed by atoms with van der Waals surface area (Å²) in [6.45, 7) is 1.20. The molecule has 0 saturated carbocycles. The van der Waals surface area contributed by atoms with Gasteiger partial charge in [-0.15, -0.1) is 0 Å². The predicted molar refractivity (Wildman–Crippen MR) is 67.8 cm³/mol. The second-order valence-corrected chi connectivity index (χ2v) is 5.33. The van der Waals surface area contributed by atoms with E-state index in [1.54, 1.807) is 0 Å². The van der Waals surface area contributed by atoms with Crippen molar-refractivity contribution in [1.29, 1.82) is 0 Å². The zero-order valence-electron chi connectivity index (χ0n) is 10.8. The van der Waals surface area contributed by atoms with E-state index in [9.17, 15) is 31.0 Å². The molecule has 0 heterocycles. The van der Waals surface area contributed by atoms with Crippen LogP contribution in [-0.4, -0.2) is 31.0 Å². The van der Waals surface area contributed by atoms with Crippen LogP contribution in [0.5, 0.6) is 11.5 Å². The first kappa shape index (κ1) is 21.8. The highest BCUT2D eigenvalue weighted by molar-refractivity contribution is 7.81. The molecule has 0 bridgehead atoms. The van der Waals surface area contributed by atoms with Gasteiger partial charge in [0.05, 0.1) is 6.10 Å². The maximum Gasteiger partial charge on any atom is 0.262 e. The van der Waals surface area contributed by atoms with Crippen LogP contribution in [0.1, 0.15) is 18.6 Å². The van der Waals surface area contributed by atoms with Crippen molar-refractivity contribution in [2.75, 3.05) is 0 Å². The smallest absolute Gasteiger partial charge is 0.262 e. The lowest BCUT2D eigenvalue weighted by Gasteiger charge is -2.16. The summed E-state index contributed by atoms with van der Waals surface area (Å²) in [7, 11) is -10.1. The molecule has 21 heavy (non-hydrogen) atoms. The summed E-state index contributed by atoms with van der Waals surface area (Å²) in [5.41, 5.74) is -0.236. The molecule has 0 aliphatic rings. The normalized spacial score (nSPS) is 12.6. The van der Waals surface area contributed by atoms with Gasteiger partial charge in [-0.25, -0.2) is 16.8 Å². The first-order chi connectivity index (χ1) is 8.48. The zero-order chi connectivity index (χ0) is 14.8. The Bertz CT molecular complexity index is 669. The Morgan fingerprint density at radius 2 is 1.52 bits per heavy atom. The highest BCUT2D eigenvalue weighted by Gasteiger charge is 2.14. The molecule has 1 atom stereocenters. The molecule has 0 aliphatic heterocycles. The molecule has 0 radical (unpaired) electrons. The fraction of sp³-hybridized carbons (Fsp3) is 0.250. The molecule has 1 rings (SSSR count). The molecule has 0 amide bonds. The van der Waals surface area contributed by atoms with Gasteiger partial charge in [-0.3, -0.25) is 0 Å². The summed E-state index contributed by atoms with van der Waals surface area (Å²) in [5.74, 6) is -0.956. The van der Waals surface area contributed by atoms with Crippen molar-refractivity contribution in [3.8, 4) is 11.5 Å². The third kappa shape index (κ3) is 7.76. The Labute approximate surface area is 121 Å². The van der Waals surface area contributed by atoms with Crippen molar-refractivity contribution in [3.63, 3.8) is 0 Å². The van der Waals surface area contributed by atoms with Crippen LogP contribution < -0.4 is 20.7 Å². The van der Waals surface area contributed by atoms with Crippen LogP contribution in [0.4, 0.5) is 0 Å². The van der Waals surface area contributed by atoms with Crippen molar-refractivity contribution in [2.24, 2.45) is 0 Å². The van der Waals surface area contributed by atoms with Gasteiger partial charge in [-0.05, 0) is 25.1 Å². The lowest BCUT2D eigenvalue weighted by atomic mass is 10.1. The fourth-order valence-electron chi connectivity index (χ4n) is 1.21. The molecule has 0 aliphatic carbocycles. The molecular weight excluding hydrogens is 332 g/mol. The van der Waals surface area contributed by atoms with Gasteiger partial charge in [0.15, 0.2) is 0 Å². The van der Waals surface area contributed by atoms with Gasteiger partial charge in [0.25, 0.3) is 20.8 Å². The van der Waals surface area contributed by atoms with E-state index in [4.69, 9.17) is 0 Å². The number of benzene rings is 1. The Balaban J connectivity index is 0. The van der Waals surface area contributed by atoms with E-state index in [0.717, 1.165) is 18.2 Å². The molecule has 124 valence electrons. The van der Waals surface area contributed by atoms with Crippen LogP contribution in [0.3, 0.4) is 0 Å². The predicted octanol–water partition coefficient (Wildman–Crippen LogP) is -0.258. The average molecular weight is 346 g/mol. The van der Waals surface area contributed by atoms with E-state index in [2.05, 4.69) is 8.37 Å². The number of rotatable bonds is 5. The molecule has 0 aromatic heterocycles. The van der Waals surface area contributed by atoms with Crippen LogP contribution in [0.25, 0.3) is 0 Å². The molecule has 13 heteroatoms. The van der Waals surface area contributed by atoms with Gasteiger partial charge in [-0.2, -0.15) is 0 Å². The summed E-state index contributed by atoms with van der Waals surface area (Å²) in [5, 5.41) is 9.36. The Kier molecular flexibility index (Phi) is 7.80. The molecular formula is C8H14N2O9S2-2. The Hall–Kier alpha value is -1.48. The third-order valence-corrected chi connectivity index (χ3v) is 2.60. The van der Waals surface area contributed by atoms with E-state index in [0.29, 0.717) is 0 Å². The van der Waals surface area contributed by atoms with Crippen molar-refractivity contribution >= 4 is 20.8 Å². The van der Waals surface area contributed by atoms with Crippen molar-refractivity contribution < 1.29 is 39.4 Å². The van der Waals surface area contributed by atoms with Gasteiger partial charge >= 0.3 is 0 Å². The molecule has 0 spiro atoms. The number of aliphatic hydroxyl groups is 1. The van der Waals surface area contributed by atoms with Crippen LogP contribution in [0.2, 0.25) is 0 Å².